The number of morpholine rings is 1. The van der Waals surface area contributed by atoms with Crippen LogP contribution in [-0.2, 0) is 25.4 Å². The molecule has 3 aromatic carbocycles. The third-order valence-corrected chi connectivity index (χ3v) is 16.4. The molecule has 13 heteroatoms. The minimum absolute atomic E-state index is 0.146. The highest BCUT2D eigenvalue weighted by molar-refractivity contribution is 6.80. The third kappa shape index (κ3) is 13.3. The predicted octanol–water partition coefficient (Wildman–Crippen LogP) is 10.6. The lowest BCUT2D eigenvalue weighted by Crippen LogP contribution is -2.52. The zero-order valence-corrected chi connectivity index (χ0v) is 36.9. The second-order valence-electron chi connectivity index (χ2n) is 18.9. The molecule has 9 nitrogen and oxygen atoms in total. The van der Waals surface area contributed by atoms with Crippen LogP contribution in [0, 0.1) is 17.5 Å². The molecule has 1 aliphatic heterocycles. The highest BCUT2D eigenvalue weighted by atomic mass is 28.3. The van der Waals surface area contributed by atoms with E-state index in [1.165, 1.54) is 60.7 Å². The Hall–Kier alpha value is -4.36. The predicted molar refractivity (Wildman–Crippen MR) is 224 cm³/mol. The smallest absolute Gasteiger partial charge is 0.410 e. The van der Waals surface area contributed by atoms with Gasteiger partial charge in [0.05, 0.1) is 33.4 Å². The van der Waals surface area contributed by atoms with Gasteiger partial charge in [-0.2, -0.15) is 0 Å². The first-order chi connectivity index (χ1) is 26.8. The number of rotatable bonds is 12. The van der Waals surface area contributed by atoms with Crippen LogP contribution in [0.5, 0.6) is 0 Å². The maximum atomic E-state index is 15.8. The van der Waals surface area contributed by atoms with Gasteiger partial charge in [-0.15, -0.1) is 0 Å². The highest BCUT2D eigenvalue weighted by Crippen LogP contribution is 2.40. The van der Waals surface area contributed by atoms with Gasteiger partial charge in [0.25, 0.3) is 0 Å². The van der Waals surface area contributed by atoms with Gasteiger partial charge in [-0.25, -0.2) is 22.8 Å². The molecule has 0 aliphatic carbocycles. The van der Waals surface area contributed by atoms with Crippen LogP contribution in [0.25, 0.3) is 0 Å². The van der Waals surface area contributed by atoms with E-state index in [0.717, 1.165) is 12.5 Å². The van der Waals surface area contributed by atoms with E-state index in [4.69, 9.17) is 14.2 Å². The molecule has 58 heavy (non-hydrogen) atoms. The average molecular weight is 826 g/mol. The van der Waals surface area contributed by atoms with E-state index < -0.39 is 72.9 Å². The molecule has 3 amide bonds. The highest BCUT2D eigenvalue weighted by Gasteiger charge is 2.39. The Morgan fingerprint density at radius 1 is 0.776 bits per heavy atom. The molecule has 0 spiro atoms. The Balaban J connectivity index is 1.64. The Bertz CT molecular complexity index is 1830. The van der Waals surface area contributed by atoms with Crippen LogP contribution in [0.2, 0.25) is 24.2 Å². The molecular formula is C45H62F3N3O6Si. The van der Waals surface area contributed by atoms with Crippen molar-refractivity contribution in [3.8, 4) is 0 Å². The summed E-state index contributed by atoms with van der Waals surface area (Å²) >= 11 is 0. The molecular weight excluding hydrogens is 764 g/mol. The number of nitrogens with zero attached hydrogens (tertiary/aromatic N) is 1. The molecule has 0 saturated carbocycles. The number of hydrogen-bond acceptors (Lipinski definition) is 6. The molecule has 0 aromatic heterocycles. The summed E-state index contributed by atoms with van der Waals surface area (Å²) in [6, 6.07) is 14.8. The van der Waals surface area contributed by atoms with Crippen LogP contribution in [0.1, 0.15) is 97.8 Å². The number of hydrogen-bond donors (Lipinski definition) is 2. The minimum Gasteiger partial charge on any atom is -0.444 e. The Labute approximate surface area is 343 Å². The number of anilines is 1. The van der Waals surface area contributed by atoms with E-state index >= 15 is 4.39 Å². The fraction of sp³-hybridized carbons (Fsp3) is 0.533. The van der Waals surface area contributed by atoms with Crippen molar-refractivity contribution in [2.75, 3.05) is 18.4 Å². The van der Waals surface area contributed by atoms with E-state index in [0.29, 0.717) is 24.1 Å². The normalized spacial score (nSPS) is 17.1. The zero-order chi connectivity index (χ0) is 43.2. The second-order valence-corrected chi connectivity index (χ2v) is 24.7. The van der Waals surface area contributed by atoms with Crippen molar-refractivity contribution >= 4 is 31.9 Å². The topological polar surface area (TPSA) is 106 Å². The van der Waals surface area contributed by atoms with Gasteiger partial charge in [-0.05, 0) is 113 Å². The number of ether oxygens (including phenoxy) is 3. The van der Waals surface area contributed by atoms with Gasteiger partial charge in [0.2, 0.25) is 5.91 Å². The van der Waals surface area contributed by atoms with Crippen LogP contribution in [0.3, 0.4) is 0 Å². The Morgan fingerprint density at radius 3 is 1.79 bits per heavy atom. The van der Waals surface area contributed by atoms with Crippen molar-refractivity contribution in [3.63, 3.8) is 0 Å². The molecule has 0 bridgehead atoms. The largest absolute Gasteiger partial charge is 0.444 e. The van der Waals surface area contributed by atoms with E-state index in [-0.39, 0.29) is 35.4 Å². The number of amides is 3. The van der Waals surface area contributed by atoms with Crippen molar-refractivity contribution in [2.24, 2.45) is 0 Å². The number of alkyl carbamates (subject to hydrolysis) is 1. The standard InChI is InChI=1S/C45H62F3N3O6Si/c1-43(2,3)56-41(53)50-39(38(29-15-19-31(46)20-16-29)30-17-21-32(47)22-18-30)40(52)49-37-14-12-13-36(48)35(37)24-23-33-27-51(42(54)57-44(4,5)6)28-34(55-33)25-26-58(10,11)45(7,8)9/h12-22,33-34,38-39H,23-28H2,1-11H3,(H,49,52)(H,50,53)/t33-,34-,39+/m1/s1. The summed E-state index contributed by atoms with van der Waals surface area (Å²) in [6.45, 7) is 22.7. The molecule has 318 valence electrons. The second kappa shape index (κ2) is 18.7. The van der Waals surface area contributed by atoms with Gasteiger partial charge in [-0.3, -0.25) is 4.79 Å². The van der Waals surface area contributed by atoms with Gasteiger partial charge >= 0.3 is 12.2 Å². The summed E-state index contributed by atoms with van der Waals surface area (Å²) in [5.41, 5.74) is -0.308. The summed E-state index contributed by atoms with van der Waals surface area (Å²) in [5, 5.41) is 5.71. The van der Waals surface area contributed by atoms with Crippen LogP contribution in [0.15, 0.2) is 66.7 Å². The quantitative estimate of drug-likeness (QED) is 0.176. The summed E-state index contributed by atoms with van der Waals surface area (Å²) < 4.78 is 61.9. The van der Waals surface area contributed by atoms with E-state index in [1.807, 2.05) is 20.8 Å². The Morgan fingerprint density at radius 2 is 1.29 bits per heavy atom. The summed E-state index contributed by atoms with van der Waals surface area (Å²) in [5.74, 6) is -3.23. The number of carbonyl (C=O) groups excluding carboxylic acids is 3. The fourth-order valence-electron chi connectivity index (χ4n) is 6.71. The third-order valence-electron chi connectivity index (χ3n) is 10.8. The maximum absolute atomic E-state index is 15.8. The van der Waals surface area contributed by atoms with Crippen molar-refractivity contribution < 1.29 is 41.8 Å². The molecule has 1 heterocycles. The van der Waals surface area contributed by atoms with Crippen molar-refractivity contribution in [1.82, 2.24) is 10.2 Å². The lowest BCUT2D eigenvalue weighted by atomic mass is 9.84. The van der Waals surface area contributed by atoms with Crippen molar-refractivity contribution in [1.29, 1.82) is 0 Å². The van der Waals surface area contributed by atoms with Gasteiger partial charge in [-0.1, -0.05) is 70.2 Å². The van der Waals surface area contributed by atoms with E-state index in [9.17, 15) is 23.2 Å². The monoisotopic (exact) mass is 825 g/mol. The number of carbonyl (C=O) groups is 3. The molecule has 2 N–H and O–H groups in total. The molecule has 3 aromatic rings. The maximum Gasteiger partial charge on any atom is 0.410 e. The first-order valence-electron chi connectivity index (χ1n) is 20.0. The molecule has 4 rings (SSSR count). The van der Waals surface area contributed by atoms with Gasteiger partial charge in [0.1, 0.15) is 34.7 Å². The lowest BCUT2D eigenvalue weighted by molar-refractivity contribution is -0.118. The Kier molecular flexibility index (Phi) is 14.9. The van der Waals surface area contributed by atoms with Crippen LogP contribution in [0.4, 0.5) is 28.4 Å². The molecule has 1 aliphatic rings. The molecule has 3 atom stereocenters. The molecule has 1 saturated heterocycles. The van der Waals surface area contributed by atoms with E-state index in [1.54, 1.807) is 31.7 Å². The molecule has 0 radical (unpaired) electrons. The first-order valence-corrected chi connectivity index (χ1v) is 23.2. The van der Waals surface area contributed by atoms with Crippen LogP contribution < -0.4 is 10.6 Å². The number of benzene rings is 3. The summed E-state index contributed by atoms with van der Waals surface area (Å²) in [7, 11) is -1.66. The van der Waals surface area contributed by atoms with Gasteiger partial charge in [0.15, 0.2) is 0 Å². The molecule has 0 unspecified atom stereocenters. The summed E-state index contributed by atoms with van der Waals surface area (Å²) in [4.78, 5) is 42.8. The minimum atomic E-state index is -1.66. The van der Waals surface area contributed by atoms with Crippen LogP contribution >= 0.6 is 0 Å². The van der Waals surface area contributed by atoms with Gasteiger partial charge in [0, 0.05) is 17.2 Å². The van der Waals surface area contributed by atoms with Gasteiger partial charge < -0.3 is 29.7 Å². The van der Waals surface area contributed by atoms with Crippen molar-refractivity contribution in [3.05, 3.63) is 101 Å². The first kappa shape index (κ1) is 46.3. The fourth-order valence-corrected chi connectivity index (χ4v) is 8.51. The zero-order valence-electron chi connectivity index (χ0n) is 35.9. The number of halogens is 3. The summed E-state index contributed by atoms with van der Waals surface area (Å²) in [6.07, 6.45) is -0.777. The lowest BCUT2D eigenvalue weighted by Gasteiger charge is -2.41. The number of nitrogens with one attached hydrogen (secondary N) is 2. The van der Waals surface area contributed by atoms with E-state index in [2.05, 4.69) is 44.5 Å². The molecule has 1 fully saturated rings. The SMILES string of the molecule is CC(C)(C)OC(=O)N[C@H](C(=O)Nc1cccc(F)c1CC[C@@H]1CN(C(=O)OC(C)(C)C)C[C@@H](CC[Si](C)(C)C(C)(C)C)O1)C(c1ccc(F)cc1)c1ccc(F)cc1. The van der Waals surface area contributed by atoms with Crippen molar-refractivity contribution in [2.45, 2.75) is 141 Å². The average Bonchev–Trinajstić information content (AvgIpc) is 3.09. The van der Waals surface area contributed by atoms with Crippen LogP contribution in [-0.4, -0.2) is 73.6 Å².